The molecule has 0 aliphatic carbocycles. The Balaban J connectivity index is 2.54. The molecule has 0 unspecified atom stereocenters. The van der Waals surface area contributed by atoms with E-state index in [4.69, 9.17) is 4.74 Å². The fourth-order valence-electron chi connectivity index (χ4n) is 1.22. The molecule has 1 aromatic carbocycles. The molecule has 2 nitrogen and oxygen atoms in total. The molecule has 0 aliphatic rings. The average molecular weight is 211 g/mol. The number of nitrogens with zero attached hydrogens (tertiary/aromatic N) is 1. The lowest BCUT2D eigenvalue weighted by molar-refractivity contribution is 0.252. The summed E-state index contributed by atoms with van der Waals surface area (Å²) in [7, 11) is 3.92. The van der Waals surface area contributed by atoms with Gasteiger partial charge in [0.1, 0.15) is 6.61 Å². The van der Waals surface area contributed by atoms with Crippen molar-refractivity contribution in [3.05, 3.63) is 29.6 Å². The van der Waals surface area contributed by atoms with Crippen LogP contribution in [0.4, 0.5) is 4.39 Å². The molecule has 1 rings (SSSR count). The van der Waals surface area contributed by atoms with Crippen LogP contribution >= 0.6 is 0 Å². The maximum atomic E-state index is 13.4. The van der Waals surface area contributed by atoms with E-state index in [0.29, 0.717) is 12.4 Å². The molecule has 84 valence electrons. The van der Waals surface area contributed by atoms with Crippen molar-refractivity contribution in [3.8, 4) is 5.75 Å². The van der Waals surface area contributed by atoms with E-state index in [0.717, 1.165) is 18.5 Å². The van der Waals surface area contributed by atoms with Crippen LogP contribution in [0.3, 0.4) is 0 Å². The van der Waals surface area contributed by atoms with Crippen molar-refractivity contribution in [2.24, 2.45) is 0 Å². The third-order valence-corrected chi connectivity index (χ3v) is 2.20. The number of hydrogen-bond acceptors (Lipinski definition) is 2. The summed E-state index contributed by atoms with van der Waals surface area (Å²) >= 11 is 0. The van der Waals surface area contributed by atoms with Crippen LogP contribution in [-0.4, -0.2) is 32.1 Å². The molecule has 0 saturated carbocycles. The first-order valence-corrected chi connectivity index (χ1v) is 5.19. The van der Waals surface area contributed by atoms with Gasteiger partial charge in [-0.3, -0.25) is 0 Å². The van der Waals surface area contributed by atoms with Crippen LogP contribution in [0.2, 0.25) is 0 Å². The van der Waals surface area contributed by atoms with Gasteiger partial charge in [0.2, 0.25) is 0 Å². The largest absolute Gasteiger partial charge is 0.489 e. The smallest absolute Gasteiger partial charge is 0.165 e. The van der Waals surface area contributed by atoms with Gasteiger partial charge in [0.05, 0.1) is 0 Å². The third-order valence-electron chi connectivity index (χ3n) is 2.20. The molecule has 0 aromatic heterocycles. The predicted octanol–water partition coefficient (Wildman–Crippen LogP) is 2.33. The number of aryl methyl sites for hydroxylation is 1. The van der Waals surface area contributed by atoms with Crippen LogP contribution in [-0.2, 0) is 6.42 Å². The second kappa shape index (κ2) is 5.71. The zero-order valence-corrected chi connectivity index (χ0v) is 9.59. The van der Waals surface area contributed by atoms with Gasteiger partial charge in [0, 0.05) is 6.54 Å². The maximum absolute atomic E-state index is 13.4. The quantitative estimate of drug-likeness (QED) is 0.741. The predicted molar refractivity (Wildman–Crippen MR) is 59.8 cm³/mol. The highest BCUT2D eigenvalue weighted by molar-refractivity contribution is 5.29. The minimum atomic E-state index is -0.270. The Bertz CT molecular complexity index is 312. The summed E-state index contributed by atoms with van der Waals surface area (Å²) in [6.07, 6.45) is 0.842. The molecule has 0 amide bonds. The second-order valence-electron chi connectivity index (χ2n) is 3.77. The Labute approximate surface area is 90.7 Å². The molecule has 0 fully saturated rings. The third kappa shape index (κ3) is 3.88. The Morgan fingerprint density at radius 1 is 1.33 bits per heavy atom. The summed E-state index contributed by atoms with van der Waals surface area (Å²) in [5.41, 5.74) is 0.993. The molecule has 15 heavy (non-hydrogen) atoms. The van der Waals surface area contributed by atoms with Crippen LogP contribution in [0.1, 0.15) is 12.5 Å². The van der Waals surface area contributed by atoms with Crippen LogP contribution < -0.4 is 4.74 Å². The topological polar surface area (TPSA) is 12.5 Å². The molecular weight excluding hydrogens is 193 g/mol. The number of benzene rings is 1. The van der Waals surface area contributed by atoms with Crippen molar-refractivity contribution in [1.82, 2.24) is 4.90 Å². The summed E-state index contributed by atoms with van der Waals surface area (Å²) in [5.74, 6) is 0.0714. The van der Waals surface area contributed by atoms with Crippen molar-refractivity contribution >= 4 is 0 Å². The standard InChI is InChI=1S/C12H18FNO/c1-4-10-5-6-12(11(13)9-10)15-8-7-14(2)3/h5-6,9H,4,7-8H2,1-3H3. The number of likely N-dealkylation sites (N-methyl/N-ethyl adjacent to an activating group) is 1. The summed E-state index contributed by atoms with van der Waals surface area (Å²) < 4.78 is 18.8. The van der Waals surface area contributed by atoms with Gasteiger partial charge >= 0.3 is 0 Å². The minimum absolute atomic E-state index is 0.270. The van der Waals surface area contributed by atoms with Crippen molar-refractivity contribution in [2.45, 2.75) is 13.3 Å². The zero-order valence-electron chi connectivity index (χ0n) is 9.59. The Morgan fingerprint density at radius 3 is 2.60 bits per heavy atom. The van der Waals surface area contributed by atoms with Crippen molar-refractivity contribution in [2.75, 3.05) is 27.2 Å². The zero-order chi connectivity index (χ0) is 11.3. The molecule has 0 heterocycles. The number of hydrogen-bond donors (Lipinski definition) is 0. The van der Waals surface area contributed by atoms with E-state index in [1.807, 2.05) is 32.0 Å². The highest BCUT2D eigenvalue weighted by Gasteiger charge is 2.03. The van der Waals surface area contributed by atoms with Gasteiger partial charge in [-0.1, -0.05) is 13.0 Å². The van der Waals surface area contributed by atoms with Gasteiger partial charge < -0.3 is 9.64 Å². The fraction of sp³-hybridized carbons (Fsp3) is 0.500. The van der Waals surface area contributed by atoms with E-state index in [-0.39, 0.29) is 5.82 Å². The molecule has 3 heteroatoms. The van der Waals surface area contributed by atoms with Crippen LogP contribution in [0.15, 0.2) is 18.2 Å². The van der Waals surface area contributed by atoms with E-state index in [9.17, 15) is 4.39 Å². The summed E-state index contributed by atoms with van der Waals surface area (Å²) in [4.78, 5) is 2.00. The molecule has 0 radical (unpaired) electrons. The normalized spacial score (nSPS) is 10.7. The average Bonchev–Trinajstić information content (AvgIpc) is 2.20. The summed E-state index contributed by atoms with van der Waals surface area (Å²) in [6.45, 7) is 3.30. The fourth-order valence-corrected chi connectivity index (χ4v) is 1.22. The van der Waals surface area contributed by atoms with Crippen molar-refractivity contribution < 1.29 is 9.13 Å². The van der Waals surface area contributed by atoms with Gasteiger partial charge in [-0.05, 0) is 38.2 Å². The molecule has 0 aliphatic heterocycles. The molecule has 0 spiro atoms. The van der Waals surface area contributed by atoms with Gasteiger partial charge in [0.25, 0.3) is 0 Å². The van der Waals surface area contributed by atoms with E-state index >= 15 is 0 Å². The monoisotopic (exact) mass is 211 g/mol. The number of rotatable bonds is 5. The highest BCUT2D eigenvalue weighted by Crippen LogP contribution is 2.18. The number of halogens is 1. The Kier molecular flexibility index (Phi) is 4.56. The van der Waals surface area contributed by atoms with E-state index < -0.39 is 0 Å². The molecular formula is C12H18FNO. The summed E-state index contributed by atoms with van der Waals surface area (Å²) in [5, 5.41) is 0. The van der Waals surface area contributed by atoms with Crippen LogP contribution in [0, 0.1) is 5.82 Å². The molecule has 0 atom stereocenters. The van der Waals surface area contributed by atoms with Crippen LogP contribution in [0.5, 0.6) is 5.75 Å². The van der Waals surface area contributed by atoms with Gasteiger partial charge in [-0.15, -0.1) is 0 Å². The molecule has 0 saturated heterocycles. The first-order chi connectivity index (χ1) is 7.13. The van der Waals surface area contributed by atoms with Gasteiger partial charge in [0.15, 0.2) is 11.6 Å². The van der Waals surface area contributed by atoms with E-state index in [1.165, 1.54) is 6.07 Å². The molecule has 0 N–H and O–H groups in total. The Morgan fingerprint density at radius 2 is 2.07 bits per heavy atom. The summed E-state index contributed by atoms with van der Waals surface area (Å²) in [6, 6.07) is 5.13. The highest BCUT2D eigenvalue weighted by atomic mass is 19.1. The van der Waals surface area contributed by atoms with Crippen molar-refractivity contribution in [3.63, 3.8) is 0 Å². The lowest BCUT2D eigenvalue weighted by Crippen LogP contribution is -2.19. The maximum Gasteiger partial charge on any atom is 0.165 e. The second-order valence-corrected chi connectivity index (χ2v) is 3.77. The number of ether oxygens (including phenoxy) is 1. The van der Waals surface area contributed by atoms with Gasteiger partial charge in [-0.25, -0.2) is 4.39 Å². The first-order valence-electron chi connectivity index (χ1n) is 5.19. The van der Waals surface area contributed by atoms with E-state index in [1.54, 1.807) is 6.07 Å². The SMILES string of the molecule is CCc1ccc(OCCN(C)C)c(F)c1. The van der Waals surface area contributed by atoms with Gasteiger partial charge in [-0.2, -0.15) is 0 Å². The Hall–Kier alpha value is -1.09. The van der Waals surface area contributed by atoms with E-state index in [2.05, 4.69) is 0 Å². The minimum Gasteiger partial charge on any atom is -0.489 e. The first kappa shape index (κ1) is 12.0. The lowest BCUT2D eigenvalue weighted by atomic mass is 10.1. The van der Waals surface area contributed by atoms with Crippen LogP contribution in [0.25, 0.3) is 0 Å². The van der Waals surface area contributed by atoms with Crippen molar-refractivity contribution in [1.29, 1.82) is 0 Å². The molecule has 1 aromatic rings. The lowest BCUT2D eigenvalue weighted by Gasteiger charge is -2.11. The molecule has 0 bridgehead atoms.